The minimum absolute atomic E-state index is 0.0683. The van der Waals surface area contributed by atoms with Crippen LogP contribution in [0.25, 0.3) is 0 Å². The Morgan fingerprint density at radius 3 is 2.56 bits per heavy atom. The van der Waals surface area contributed by atoms with Gasteiger partial charge in [-0.1, -0.05) is 57.6 Å². The number of hydrogen-bond acceptors (Lipinski definition) is 1. The van der Waals surface area contributed by atoms with Gasteiger partial charge in [0.25, 0.3) is 0 Å². The highest BCUT2D eigenvalue weighted by atomic mass is 16.3. The van der Waals surface area contributed by atoms with Gasteiger partial charge >= 0.3 is 0 Å². The van der Waals surface area contributed by atoms with Crippen molar-refractivity contribution in [2.24, 2.45) is 40.4 Å². The molecule has 152 valence electrons. The summed E-state index contributed by atoms with van der Waals surface area (Å²) in [4.78, 5) is 0. The average molecular weight is 371 g/mol. The lowest BCUT2D eigenvalue weighted by molar-refractivity contribution is -0.0508. The average Bonchev–Trinajstić information content (AvgIpc) is 3.41. The van der Waals surface area contributed by atoms with Gasteiger partial charge in [0.15, 0.2) is 0 Å². The molecule has 0 spiro atoms. The Morgan fingerprint density at radius 1 is 0.926 bits per heavy atom. The molecule has 4 saturated carbocycles. The third-order valence-corrected chi connectivity index (χ3v) is 10.4. The van der Waals surface area contributed by atoms with E-state index in [1.54, 1.807) is 5.57 Å². The fourth-order valence-corrected chi connectivity index (χ4v) is 8.45. The number of allylic oxidation sites excluding steroid dienone is 1. The second kappa shape index (κ2) is 6.89. The van der Waals surface area contributed by atoms with Crippen molar-refractivity contribution in [1.29, 1.82) is 0 Å². The number of aliphatic hydroxyl groups excluding tert-OH is 1. The van der Waals surface area contributed by atoms with Gasteiger partial charge in [-0.3, -0.25) is 0 Å². The topological polar surface area (TPSA) is 20.2 Å². The van der Waals surface area contributed by atoms with Gasteiger partial charge in [0.05, 0.1) is 6.10 Å². The SMILES string of the molecule is CC12CCC(O)CC1=CCC1C2CCC2(C)C1CC[C@@H]2CCCCC1CC1. The van der Waals surface area contributed by atoms with E-state index in [0.29, 0.717) is 10.8 Å². The number of aliphatic hydroxyl groups is 1. The molecule has 0 radical (unpaired) electrons. The summed E-state index contributed by atoms with van der Waals surface area (Å²) in [7, 11) is 0. The number of hydrogen-bond donors (Lipinski definition) is 1. The number of fused-ring (bicyclic) bond motifs is 5. The van der Waals surface area contributed by atoms with E-state index < -0.39 is 0 Å². The molecule has 4 fully saturated rings. The molecular weight excluding hydrogens is 328 g/mol. The van der Waals surface area contributed by atoms with Crippen LogP contribution in [0.4, 0.5) is 0 Å². The first-order chi connectivity index (χ1) is 13.0. The standard InChI is InChI=1S/C26H42O/c1-25-16-14-24-22(11-9-20-17-21(27)13-15-26(20,24)2)23(25)12-10-19(25)6-4-3-5-18-7-8-18/h9,18-19,21-24,27H,3-8,10-17H2,1-2H3/t19-,21?,22?,23?,24?,25?,26?/m0/s1. The normalized spacial score (nSPS) is 49.1. The van der Waals surface area contributed by atoms with Gasteiger partial charge in [0, 0.05) is 0 Å². The number of rotatable bonds is 5. The van der Waals surface area contributed by atoms with Crippen LogP contribution in [-0.2, 0) is 0 Å². The summed E-state index contributed by atoms with van der Waals surface area (Å²) in [6.07, 6.45) is 22.1. The summed E-state index contributed by atoms with van der Waals surface area (Å²) in [5.74, 6) is 4.94. The fourth-order valence-electron chi connectivity index (χ4n) is 8.45. The second-order valence-electron chi connectivity index (χ2n) is 11.7. The molecule has 0 bridgehead atoms. The van der Waals surface area contributed by atoms with Gasteiger partial charge in [-0.25, -0.2) is 0 Å². The molecule has 1 N–H and O–H groups in total. The van der Waals surface area contributed by atoms with Crippen LogP contribution in [0.1, 0.15) is 104 Å². The van der Waals surface area contributed by atoms with Crippen molar-refractivity contribution in [2.75, 3.05) is 0 Å². The molecule has 0 heterocycles. The molecule has 0 aliphatic heterocycles. The van der Waals surface area contributed by atoms with Crippen LogP contribution in [0.15, 0.2) is 11.6 Å². The van der Waals surface area contributed by atoms with Gasteiger partial charge in [-0.2, -0.15) is 0 Å². The first kappa shape index (κ1) is 18.7. The molecule has 5 rings (SSSR count). The quantitative estimate of drug-likeness (QED) is 0.412. The molecular formula is C26H42O. The van der Waals surface area contributed by atoms with E-state index in [-0.39, 0.29) is 6.10 Å². The van der Waals surface area contributed by atoms with Crippen molar-refractivity contribution in [3.8, 4) is 0 Å². The van der Waals surface area contributed by atoms with Crippen molar-refractivity contribution in [3.63, 3.8) is 0 Å². The molecule has 0 aromatic heterocycles. The fraction of sp³-hybridized carbons (Fsp3) is 0.923. The van der Waals surface area contributed by atoms with Crippen molar-refractivity contribution >= 4 is 0 Å². The first-order valence-electron chi connectivity index (χ1n) is 12.4. The Morgan fingerprint density at radius 2 is 1.74 bits per heavy atom. The van der Waals surface area contributed by atoms with E-state index in [1.165, 1.54) is 77.0 Å². The minimum Gasteiger partial charge on any atom is -0.393 e. The first-order valence-corrected chi connectivity index (χ1v) is 12.4. The van der Waals surface area contributed by atoms with Gasteiger partial charge in [-0.05, 0) is 98.2 Å². The lowest BCUT2D eigenvalue weighted by Gasteiger charge is -2.58. The Bertz CT molecular complexity index is 589. The van der Waals surface area contributed by atoms with Crippen LogP contribution in [0, 0.1) is 40.4 Å². The maximum absolute atomic E-state index is 10.2. The van der Waals surface area contributed by atoms with E-state index in [9.17, 15) is 5.11 Å². The van der Waals surface area contributed by atoms with Crippen LogP contribution < -0.4 is 0 Å². The van der Waals surface area contributed by atoms with E-state index in [1.807, 2.05) is 0 Å². The van der Waals surface area contributed by atoms with Gasteiger partial charge in [-0.15, -0.1) is 0 Å². The molecule has 0 aromatic carbocycles. The Balaban J connectivity index is 1.28. The zero-order valence-electron chi connectivity index (χ0n) is 17.9. The van der Waals surface area contributed by atoms with Gasteiger partial charge in [0.1, 0.15) is 0 Å². The van der Waals surface area contributed by atoms with Crippen molar-refractivity contribution in [2.45, 2.75) is 110 Å². The molecule has 5 aliphatic carbocycles. The smallest absolute Gasteiger partial charge is 0.0577 e. The monoisotopic (exact) mass is 370 g/mol. The summed E-state index contributed by atoms with van der Waals surface area (Å²) in [5, 5.41) is 10.2. The zero-order chi connectivity index (χ0) is 18.6. The molecule has 1 nitrogen and oxygen atoms in total. The van der Waals surface area contributed by atoms with Crippen LogP contribution in [-0.4, -0.2) is 11.2 Å². The molecule has 0 amide bonds. The van der Waals surface area contributed by atoms with E-state index in [4.69, 9.17) is 0 Å². The molecule has 6 unspecified atom stereocenters. The third kappa shape index (κ3) is 3.15. The van der Waals surface area contributed by atoms with Crippen LogP contribution >= 0.6 is 0 Å². The Kier molecular flexibility index (Phi) is 4.78. The maximum atomic E-state index is 10.2. The van der Waals surface area contributed by atoms with Gasteiger partial charge < -0.3 is 5.11 Å². The summed E-state index contributed by atoms with van der Waals surface area (Å²) in [6.45, 7) is 5.26. The Hall–Kier alpha value is -0.300. The van der Waals surface area contributed by atoms with E-state index in [0.717, 1.165) is 42.4 Å². The third-order valence-electron chi connectivity index (χ3n) is 10.4. The zero-order valence-corrected chi connectivity index (χ0v) is 17.9. The Labute approximate surface area is 167 Å². The minimum atomic E-state index is -0.0683. The predicted octanol–water partition coefficient (Wildman–Crippen LogP) is 6.90. The number of unbranched alkanes of at least 4 members (excludes halogenated alkanes) is 1. The summed E-state index contributed by atoms with van der Waals surface area (Å²) in [5.41, 5.74) is 2.67. The highest BCUT2D eigenvalue weighted by Crippen LogP contribution is 2.66. The predicted molar refractivity (Wildman–Crippen MR) is 112 cm³/mol. The maximum Gasteiger partial charge on any atom is 0.0577 e. The molecule has 27 heavy (non-hydrogen) atoms. The van der Waals surface area contributed by atoms with Gasteiger partial charge in [0.2, 0.25) is 0 Å². The van der Waals surface area contributed by atoms with E-state index >= 15 is 0 Å². The molecule has 7 atom stereocenters. The highest BCUT2D eigenvalue weighted by Gasteiger charge is 2.58. The molecule has 1 heteroatoms. The summed E-state index contributed by atoms with van der Waals surface area (Å²) >= 11 is 0. The summed E-state index contributed by atoms with van der Waals surface area (Å²) < 4.78 is 0. The lowest BCUT2D eigenvalue weighted by atomic mass is 9.47. The van der Waals surface area contributed by atoms with Crippen molar-refractivity contribution in [1.82, 2.24) is 0 Å². The second-order valence-corrected chi connectivity index (χ2v) is 11.7. The van der Waals surface area contributed by atoms with Crippen LogP contribution in [0.3, 0.4) is 0 Å². The van der Waals surface area contributed by atoms with Crippen LogP contribution in [0.2, 0.25) is 0 Å². The molecule has 0 saturated heterocycles. The van der Waals surface area contributed by atoms with E-state index in [2.05, 4.69) is 19.9 Å². The van der Waals surface area contributed by atoms with Crippen LogP contribution in [0.5, 0.6) is 0 Å². The lowest BCUT2D eigenvalue weighted by Crippen LogP contribution is -2.50. The van der Waals surface area contributed by atoms with Crippen molar-refractivity contribution in [3.05, 3.63) is 11.6 Å². The largest absolute Gasteiger partial charge is 0.393 e. The van der Waals surface area contributed by atoms with Crippen molar-refractivity contribution < 1.29 is 5.11 Å². The summed E-state index contributed by atoms with van der Waals surface area (Å²) in [6, 6.07) is 0. The molecule has 0 aromatic rings. The molecule has 5 aliphatic rings. The highest BCUT2D eigenvalue weighted by molar-refractivity contribution is 5.25.